The molecule has 32 heavy (non-hydrogen) atoms. The number of hydrogen-bond donors (Lipinski definition) is 2. The largest absolute Gasteiger partial charge is 0.369 e. The fourth-order valence-electron chi connectivity index (χ4n) is 6.81. The monoisotopic (exact) mass is 500 g/mol. The number of ether oxygens (including phenoxy) is 1. The maximum Gasteiger partial charge on any atom is 0.250 e. The Morgan fingerprint density at radius 3 is 2.69 bits per heavy atom. The van der Waals surface area contributed by atoms with E-state index in [0.717, 1.165) is 48.7 Å². The summed E-state index contributed by atoms with van der Waals surface area (Å²) in [5.41, 5.74) is 7.15. The van der Waals surface area contributed by atoms with E-state index in [1.807, 2.05) is 18.2 Å². The number of carbonyl (C=O) groups is 2. The van der Waals surface area contributed by atoms with Gasteiger partial charge in [-0.15, -0.1) is 0 Å². The fourth-order valence-corrected chi connectivity index (χ4v) is 7.31. The number of amides is 2. The molecule has 4 saturated carbocycles. The Morgan fingerprint density at radius 2 is 2.03 bits per heavy atom. The molecule has 1 saturated heterocycles. The van der Waals surface area contributed by atoms with Gasteiger partial charge in [-0.3, -0.25) is 14.5 Å². The zero-order valence-corrected chi connectivity index (χ0v) is 19.6. The minimum atomic E-state index is -0.497. The van der Waals surface area contributed by atoms with Gasteiger partial charge in [0.15, 0.2) is 0 Å². The quantitative estimate of drug-likeness (QED) is 0.644. The van der Waals surface area contributed by atoms with Crippen LogP contribution in [0.1, 0.15) is 43.2 Å². The molecular formula is C24H29BrN4O3. The highest BCUT2D eigenvalue weighted by molar-refractivity contribution is 9.10. The summed E-state index contributed by atoms with van der Waals surface area (Å²) in [5.74, 6) is 1.06. The van der Waals surface area contributed by atoms with Crippen molar-refractivity contribution < 1.29 is 14.3 Å². The molecule has 5 fully saturated rings. The molecule has 0 aromatic heterocycles. The highest BCUT2D eigenvalue weighted by atomic mass is 79.9. The lowest BCUT2D eigenvalue weighted by Gasteiger charge is -2.59. The van der Waals surface area contributed by atoms with Crippen molar-refractivity contribution in [3.63, 3.8) is 0 Å². The minimum Gasteiger partial charge on any atom is -0.369 e. The summed E-state index contributed by atoms with van der Waals surface area (Å²) in [4.78, 5) is 27.5. The number of halogens is 1. The van der Waals surface area contributed by atoms with Crippen molar-refractivity contribution in [3.8, 4) is 6.07 Å². The first-order valence-electron chi connectivity index (χ1n) is 11.5. The summed E-state index contributed by atoms with van der Waals surface area (Å²) in [6.07, 6.45) is 4.22. The Kier molecular flexibility index (Phi) is 5.77. The molecule has 0 radical (unpaired) electrons. The number of nitrogens with zero attached hydrogens (tertiary/aromatic N) is 2. The lowest BCUT2D eigenvalue weighted by Crippen LogP contribution is -2.63. The number of morpholine rings is 1. The van der Waals surface area contributed by atoms with Crippen LogP contribution in [0.5, 0.6) is 0 Å². The van der Waals surface area contributed by atoms with Gasteiger partial charge in [0.05, 0.1) is 18.2 Å². The average Bonchev–Trinajstić information content (AvgIpc) is 2.77. The van der Waals surface area contributed by atoms with Gasteiger partial charge in [-0.1, -0.05) is 22.0 Å². The highest BCUT2D eigenvalue weighted by Crippen LogP contribution is 2.59. The predicted octanol–water partition coefficient (Wildman–Crippen LogP) is 2.32. The van der Waals surface area contributed by atoms with Crippen LogP contribution in [0.4, 0.5) is 0 Å². The van der Waals surface area contributed by atoms with E-state index in [1.165, 1.54) is 0 Å². The number of hydrogen-bond acceptors (Lipinski definition) is 5. The van der Waals surface area contributed by atoms with Crippen LogP contribution in [0.15, 0.2) is 22.7 Å². The molecule has 0 spiro atoms. The van der Waals surface area contributed by atoms with Gasteiger partial charge in [0.1, 0.15) is 6.10 Å². The number of rotatable bonds is 5. The Bertz CT molecular complexity index is 960. The van der Waals surface area contributed by atoms with Gasteiger partial charge in [0, 0.05) is 35.6 Å². The van der Waals surface area contributed by atoms with Crippen molar-refractivity contribution >= 4 is 27.7 Å². The van der Waals surface area contributed by atoms with Gasteiger partial charge in [-0.2, -0.15) is 5.26 Å². The van der Waals surface area contributed by atoms with Gasteiger partial charge < -0.3 is 15.8 Å². The van der Waals surface area contributed by atoms with Crippen LogP contribution in [0, 0.1) is 34.5 Å². The maximum atomic E-state index is 13.2. The molecule has 8 heteroatoms. The number of nitrogens with two attached hydrogens (primary N) is 1. The van der Waals surface area contributed by atoms with Crippen molar-refractivity contribution in [2.75, 3.05) is 19.7 Å². The van der Waals surface area contributed by atoms with Crippen molar-refractivity contribution in [3.05, 3.63) is 33.8 Å². The minimum absolute atomic E-state index is 0.0424. The second kappa shape index (κ2) is 8.44. The summed E-state index contributed by atoms with van der Waals surface area (Å²) in [7, 11) is 0. The predicted molar refractivity (Wildman–Crippen MR) is 121 cm³/mol. The van der Waals surface area contributed by atoms with Crippen molar-refractivity contribution in [2.45, 2.75) is 50.8 Å². The zero-order valence-electron chi connectivity index (χ0n) is 18.1. The number of nitrogens with one attached hydrogen (secondary N) is 1. The normalized spacial score (nSPS) is 35.9. The van der Waals surface area contributed by atoms with Gasteiger partial charge in [0.25, 0.3) is 5.91 Å². The topological polar surface area (TPSA) is 108 Å². The van der Waals surface area contributed by atoms with Crippen molar-refractivity contribution in [1.29, 1.82) is 5.26 Å². The molecule has 3 N–H and O–H groups in total. The molecule has 3 atom stereocenters. The second-order valence-corrected chi connectivity index (χ2v) is 11.0. The number of carbonyl (C=O) groups excluding carboxylic acids is 2. The molecule has 4 aliphatic carbocycles. The molecule has 170 valence electrons. The lowest BCUT2D eigenvalue weighted by molar-refractivity contribution is -0.151. The number of nitriles is 1. The Morgan fingerprint density at radius 1 is 1.28 bits per heavy atom. The molecule has 2 amide bonds. The number of benzene rings is 1. The van der Waals surface area contributed by atoms with E-state index in [9.17, 15) is 9.59 Å². The summed E-state index contributed by atoms with van der Waals surface area (Å²) in [6, 6.07) is 7.87. The fraction of sp³-hybridized carbons (Fsp3) is 0.625. The summed E-state index contributed by atoms with van der Waals surface area (Å²) >= 11 is 3.55. The van der Waals surface area contributed by atoms with E-state index in [-0.39, 0.29) is 23.3 Å². The van der Waals surface area contributed by atoms with E-state index in [4.69, 9.17) is 15.7 Å². The SMILES string of the molecule is N#Cc1ccc(CN2CCO[C@@H](C(=O)NC3C4CC5CC3CC(C(N)=O)(C5)C4)C2)c(Br)c1. The molecular weight excluding hydrogens is 472 g/mol. The molecule has 1 heterocycles. The summed E-state index contributed by atoms with van der Waals surface area (Å²) in [6.45, 7) is 2.50. The molecule has 1 aromatic carbocycles. The molecule has 4 bridgehead atoms. The Hall–Kier alpha value is -1.95. The lowest BCUT2D eigenvalue weighted by atomic mass is 9.47. The molecule has 7 nitrogen and oxygen atoms in total. The van der Waals surface area contributed by atoms with Gasteiger partial charge >= 0.3 is 0 Å². The Balaban J connectivity index is 1.21. The van der Waals surface area contributed by atoms with E-state index >= 15 is 0 Å². The first-order valence-corrected chi connectivity index (χ1v) is 12.3. The summed E-state index contributed by atoms with van der Waals surface area (Å²) < 4.78 is 6.75. The first-order chi connectivity index (χ1) is 15.4. The highest BCUT2D eigenvalue weighted by Gasteiger charge is 2.58. The first kappa shape index (κ1) is 21.9. The van der Waals surface area contributed by atoms with Gasteiger partial charge in [-0.05, 0) is 67.6 Å². The van der Waals surface area contributed by atoms with Crippen LogP contribution < -0.4 is 11.1 Å². The number of primary amides is 1. The van der Waals surface area contributed by atoms with Crippen LogP contribution in [-0.4, -0.2) is 48.6 Å². The van der Waals surface area contributed by atoms with Gasteiger partial charge in [0.2, 0.25) is 5.91 Å². The molecule has 1 aliphatic heterocycles. The van der Waals surface area contributed by atoms with Crippen LogP contribution in [0.25, 0.3) is 0 Å². The molecule has 1 aromatic rings. The molecule has 2 unspecified atom stereocenters. The third-order valence-corrected chi connectivity index (χ3v) is 8.86. The standard InChI is InChI=1S/C24H29BrN4O3/c25-19-7-14(11-26)1-2-16(19)12-29-3-4-32-20(13-29)22(30)28-21-17-5-15-6-18(21)10-24(8-15,9-17)23(27)31/h1-2,7,15,17-18,20-21H,3-6,8-10,12-13H2,(H2,27,31)(H,28,30)/t15?,17?,18?,20-,21?,24?/m1/s1. The third-order valence-electron chi connectivity index (χ3n) is 8.12. The van der Waals surface area contributed by atoms with Crippen molar-refractivity contribution in [2.24, 2.45) is 28.9 Å². The molecule has 5 aliphatic rings. The Labute approximate surface area is 196 Å². The zero-order chi connectivity index (χ0) is 22.5. The second-order valence-electron chi connectivity index (χ2n) is 10.2. The van der Waals surface area contributed by atoms with Gasteiger partial charge in [-0.25, -0.2) is 0 Å². The maximum absolute atomic E-state index is 13.2. The smallest absolute Gasteiger partial charge is 0.250 e. The summed E-state index contributed by atoms with van der Waals surface area (Å²) in [5, 5.41) is 12.4. The van der Waals surface area contributed by atoms with E-state index in [1.54, 1.807) is 0 Å². The van der Waals surface area contributed by atoms with E-state index in [2.05, 4.69) is 32.2 Å². The molecule has 6 rings (SSSR count). The average molecular weight is 501 g/mol. The van der Waals surface area contributed by atoms with Crippen LogP contribution in [0.3, 0.4) is 0 Å². The third kappa shape index (κ3) is 3.95. The van der Waals surface area contributed by atoms with Crippen LogP contribution >= 0.6 is 15.9 Å². The van der Waals surface area contributed by atoms with E-state index < -0.39 is 6.10 Å². The van der Waals surface area contributed by atoms with Crippen molar-refractivity contribution in [1.82, 2.24) is 10.2 Å². The van der Waals surface area contributed by atoms with Crippen LogP contribution in [-0.2, 0) is 20.9 Å². The van der Waals surface area contributed by atoms with Crippen LogP contribution in [0.2, 0.25) is 0 Å². The van der Waals surface area contributed by atoms with E-state index in [0.29, 0.717) is 43.0 Å².